The van der Waals surface area contributed by atoms with E-state index in [4.69, 9.17) is 4.74 Å². The number of hydrogen-bond donors (Lipinski definition) is 2. The molecule has 2 aromatic heterocycles. The molecule has 0 radical (unpaired) electrons. The van der Waals surface area contributed by atoms with Crippen LogP contribution in [0.2, 0.25) is 0 Å². The number of nitrogens with zero attached hydrogens (tertiary/aromatic N) is 3. The van der Waals surface area contributed by atoms with Gasteiger partial charge in [0.2, 0.25) is 0 Å². The monoisotopic (exact) mass is 314 g/mol. The van der Waals surface area contributed by atoms with Crippen LogP contribution in [0.1, 0.15) is 31.2 Å². The summed E-state index contributed by atoms with van der Waals surface area (Å²) in [6.07, 6.45) is 8.46. The number of rotatable bonds is 9. The fraction of sp³-hybridized carbons (Fsp3) is 0.353. The van der Waals surface area contributed by atoms with Crippen LogP contribution in [0.3, 0.4) is 0 Å². The van der Waals surface area contributed by atoms with Crippen LogP contribution in [-0.2, 0) is 6.61 Å². The van der Waals surface area contributed by atoms with Crippen molar-refractivity contribution in [3.05, 3.63) is 48.7 Å². The van der Waals surface area contributed by atoms with E-state index in [-0.39, 0.29) is 12.6 Å². The molecule has 2 N–H and O–H groups in total. The fourth-order valence-corrected chi connectivity index (χ4v) is 2.09. The van der Waals surface area contributed by atoms with Crippen molar-refractivity contribution < 1.29 is 9.84 Å². The first-order valence-electron chi connectivity index (χ1n) is 7.65. The lowest BCUT2D eigenvalue weighted by Crippen LogP contribution is -2.24. The van der Waals surface area contributed by atoms with Crippen molar-refractivity contribution in [1.29, 1.82) is 0 Å². The molecule has 2 aromatic rings. The van der Waals surface area contributed by atoms with Crippen molar-refractivity contribution in [3.8, 4) is 5.75 Å². The first-order chi connectivity index (χ1) is 11.3. The molecule has 0 aliphatic carbocycles. The minimum absolute atomic E-state index is 0.0311. The molecule has 6 nitrogen and oxygen atoms in total. The zero-order valence-corrected chi connectivity index (χ0v) is 13.3. The van der Waals surface area contributed by atoms with E-state index in [0.717, 1.165) is 18.4 Å². The van der Waals surface area contributed by atoms with Crippen LogP contribution in [0, 0.1) is 0 Å². The Morgan fingerprint density at radius 1 is 1.43 bits per heavy atom. The van der Waals surface area contributed by atoms with Gasteiger partial charge in [0, 0.05) is 18.0 Å². The number of pyridine rings is 1. The number of anilines is 1. The number of nitrogens with one attached hydrogen (secondary N) is 1. The summed E-state index contributed by atoms with van der Waals surface area (Å²) in [7, 11) is 0. The largest absolute Gasteiger partial charge is 0.483 e. The van der Waals surface area contributed by atoms with Gasteiger partial charge in [-0.05, 0) is 18.6 Å². The molecule has 23 heavy (non-hydrogen) atoms. The summed E-state index contributed by atoms with van der Waals surface area (Å²) in [6, 6.07) is 3.72. The van der Waals surface area contributed by atoms with Gasteiger partial charge in [-0.2, -0.15) is 0 Å². The van der Waals surface area contributed by atoms with Crippen molar-refractivity contribution in [2.75, 3.05) is 11.9 Å². The molecule has 0 amide bonds. The maximum Gasteiger partial charge on any atom is 0.180 e. The summed E-state index contributed by atoms with van der Waals surface area (Å²) in [4.78, 5) is 12.6. The molecule has 122 valence electrons. The molecule has 0 aliphatic rings. The molecule has 0 saturated heterocycles. The summed E-state index contributed by atoms with van der Waals surface area (Å²) >= 11 is 0. The number of aliphatic hydroxyl groups excluding tert-OH is 1. The summed E-state index contributed by atoms with van der Waals surface area (Å²) in [6.45, 7) is 6.15. The SMILES string of the molecule is C=Cc1ncc(OCc2cccnc2)c(N[C@H](CO)CCC)n1. The molecular weight excluding hydrogens is 292 g/mol. The minimum Gasteiger partial charge on any atom is -0.483 e. The van der Waals surface area contributed by atoms with E-state index in [1.54, 1.807) is 24.7 Å². The first-order valence-corrected chi connectivity index (χ1v) is 7.65. The Morgan fingerprint density at radius 3 is 2.96 bits per heavy atom. The van der Waals surface area contributed by atoms with Gasteiger partial charge in [0.1, 0.15) is 6.61 Å². The number of aliphatic hydroxyl groups is 1. The third-order valence-electron chi connectivity index (χ3n) is 3.27. The Hall–Kier alpha value is -2.47. The van der Waals surface area contributed by atoms with E-state index in [1.807, 2.05) is 12.1 Å². The van der Waals surface area contributed by atoms with E-state index >= 15 is 0 Å². The first kappa shape index (κ1) is 16.9. The average Bonchev–Trinajstić information content (AvgIpc) is 2.61. The average molecular weight is 314 g/mol. The molecule has 0 aliphatic heterocycles. The Labute approximate surface area is 136 Å². The number of aromatic nitrogens is 3. The summed E-state index contributed by atoms with van der Waals surface area (Å²) in [5, 5.41) is 12.7. The quantitative estimate of drug-likeness (QED) is 0.741. The highest BCUT2D eigenvalue weighted by atomic mass is 16.5. The van der Waals surface area contributed by atoms with Crippen LogP contribution in [0.4, 0.5) is 5.82 Å². The van der Waals surface area contributed by atoms with Gasteiger partial charge in [-0.1, -0.05) is 26.0 Å². The van der Waals surface area contributed by atoms with Crippen molar-refractivity contribution in [2.24, 2.45) is 0 Å². The Balaban J connectivity index is 2.15. The summed E-state index contributed by atoms with van der Waals surface area (Å²) < 4.78 is 5.80. The highest BCUT2D eigenvalue weighted by Gasteiger charge is 2.13. The van der Waals surface area contributed by atoms with Crippen molar-refractivity contribution >= 4 is 11.9 Å². The molecule has 0 fully saturated rings. The van der Waals surface area contributed by atoms with Gasteiger partial charge in [0.05, 0.1) is 18.8 Å². The van der Waals surface area contributed by atoms with Crippen LogP contribution < -0.4 is 10.1 Å². The lowest BCUT2D eigenvalue weighted by molar-refractivity contribution is 0.266. The Morgan fingerprint density at radius 2 is 2.30 bits per heavy atom. The van der Waals surface area contributed by atoms with Gasteiger partial charge in [0.15, 0.2) is 17.4 Å². The smallest absolute Gasteiger partial charge is 0.180 e. The summed E-state index contributed by atoms with van der Waals surface area (Å²) in [5.41, 5.74) is 0.957. The van der Waals surface area contributed by atoms with Gasteiger partial charge in [-0.25, -0.2) is 9.97 Å². The normalized spacial score (nSPS) is 11.7. The number of hydrogen-bond acceptors (Lipinski definition) is 6. The molecule has 0 aromatic carbocycles. The second-order valence-electron chi connectivity index (χ2n) is 5.11. The van der Waals surface area contributed by atoms with E-state index in [2.05, 4.69) is 33.8 Å². The van der Waals surface area contributed by atoms with E-state index in [1.165, 1.54) is 0 Å². The number of ether oxygens (including phenoxy) is 1. The van der Waals surface area contributed by atoms with E-state index in [9.17, 15) is 5.11 Å². The second kappa shape index (κ2) is 8.85. The highest BCUT2D eigenvalue weighted by molar-refractivity contribution is 5.52. The van der Waals surface area contributed by atoms with E-state index in [0.29, 0.717) is 24.0 Å². The fourth-order valence-electron chi connectivity index (χ4n) is 2.09. The highest BCUT2D eigenvalue weighted by Crippen LogP contribution is 2.23. The maximum absolute atomic E-state index is 9.47. The van der Waals surface area contributed by atoms with Gasteiger partial charge in [0.25, 0.3) is 0 Å². The lowest BCUT2D eigenvalue weighted by Gasteiger charge is -2.18. The molecule has 0 bridgehead atoms. The Kier molecular flexibility index (Phi) is 6.50. The zero-order valence-electron chi connectivity index (χ0n) is 13.3. The van der Waals surface area contributed by atoms with Gasteiger partial charge in [-0.3, -0.25) is 4.98 Å². The minimum atomic E-state index is -0.0756. The van der Waals surface area contributed by atoms with Crippen LogP contribution >= 0.6 is 0 Å². The van der Waals surface area contributed by atoms with Crippen molar-refractivity contribution in [3.63, 3.8) is 0 Å². The molecule has 0 unspecified atom stereocenters. The molecule has 2 rings (SSSR count). The maximum atomic E-state index is 9.47. The van der Waals surface area contributed by atoms with Crippen molar-refractivity contribution in [1.82, 2.24) is 15.0 Å². The molecule has 1 atom stereocenters. The predicted octanol–water partition coefficient (Wildman–Crippen LogP) is 2.67. The second-order valence-corrected chi connectivity index (χ2v) is 5.11. The van der Waals surface area contributed by atoms with Gasteiger partial charge < -0.3 is 15.2 Å². The zero-order chi connectivity index (χ0) is 16.5. The van der Waals surface area contributed by atoms with Crippen LogP contribution in [0.5, 0.6) is 5.75 Å². The van der Waals surface area contributed by atoms with E-state index < -0.39 is 0 Å². The topological polar surface area (TPSA) is 80.2 Å². The van der Waals surface area contributed by atoms with Crippen LogP contribution in [0.15, 0.2) is 37.3 Å². The summed E-state index contributed by atoms with van der Waals surface area (Å²) in [5.74, 6) is 1.61. The third kappa shape index (κ3) is 5.03. The van der Waals surface area contributed by atoms with Crippen LogP contribution in [-0.4, -0.2) is 32.7 Å². The van der Waals surface area contributed by atoms with Crippen molar-refractivity contribution in [2.45, 2.75) is 32.4 Å². The Bertz CT molecular complexity index is 619. The van der Waals surface area contributed by atoms with Crippen LogP contribution in [0.25, 0.3) is 6.08 Å². The molecule has 0 saturated carbocycles. The standard InChI is InChI=1S/C17H22N4O2/c1-3-6-14(11-22)20-17-15(10-19-16(4-2)21-17)23-12-13-7-5-8-18-9-13/h4-5,7-10,14,22H,2-3,6,11-12H2,1H3,(H,19,20,21)/t14-/m0/s1. The predicted molar refractivity (Wildman–Crippen MR) is 90.1 cm³/mol. The third-order valence-corrected chi connectivity index (χ3v) is 3.27. The van der Waals surface area contributed by atoms with Gasteiger partial charge >= 0.3 is 0 Å². The van der Waals surface area contributed by atoms with Gasteiger partial charge in [-0.15, -0.1) is 0 Å². The molecule has 6 heteroatoms. The molecule has 2 heterocycles. The lowest BCUT2D eigenvalue weighted by atomic mass is 10.2. The molecule has 0 spiro atoms. The molecular formula is C17H22N4O2.